The van der Waals surface area contributed by atoms with E-state index < -0.39 is 8.32 Å². The van der Waals surface area contributed by atoms with E-state index in [2.05, 4.69) is 100 Å². The van der Waals surface area contributed by atoms with E-state index in [0.717, 1.165) is 19.4 Å². The predicted octanol–water partition coefficient (Wildman–Crippen LogP) is 4.40. The lowest BCUT2D eigenvalue weighted by Gasteiger charge is -2.33. The molecule has 3 rings (SSSR count). The van der Waals surface area contributed by atoms with Crippen molar-refractivity contribution in [3.63, 3.8) is 0 Å². The van der Waals surface area contributed by atoms with Crippen molar-refractivity contribution in [1.29, 1.82) is 0 Å². The molecule has 0 aromatic heterocycles. The van der Waals surface area contributed by atoms with E-state index in [-0.39, 0.29) is 0 Å². The van der Waals surface area contributed by atoms with E-state index in [1.54, 1.807) is 0 Å². The van der Waals surface area contributed by atoms with Crippen LogP contribution in [0, 0.1) is 20.8 Å². The molecule has 3 aromatic carbocycles. The number of benzene rings is 3. The minimum absolute atomic E-state index is 0.790. The van der Waals surface area contributed by atoms with Crippen LogP contribution in [0.5, 0.6) is 0 Å². The first kappa shape index (κ1) is 19.6. The second-order valence-corrected chi connectivity index (χ2v) is 10.9. The lowest BCUT2D eigenvalue weighted by molar-refractivity contribution is 0.314. The zero-order valence-corrected chi connectivity index (χ0v) is 18.0. The van der Waals surface area contributed by atoms with Gasteiger partial charge in [-0.25, -0.2) is 0 Å². The summed E-state index contributed by atoms with van der Waals surface area (Å²) in [6.45, 7) is 9.43. The summed E-state index contributed by atoms with van der Waals surface area (Å²) >= 11 is 0. The van der Waals surface area contributed by atoms with Gasteiger partial charge in [0.15, 0.2) is 0 Å². The Balaban J connectivity index is 2.23. The van der Waals surface area contributed by atoms with Gasteiger partial charge < -0.3 is 4.43 Å². The van der Waals surface area contributed by atoms with Crippen molar-refractivity contribution in [2.45, 2.75) is 40.5 Å². The van der Waals surface area contributed by atoms with Crippen LogP contribution in [0.25, 0.3) is 0 Å². The van der Waals surface area contributed by atoms with Gasteiger partial charge in [0, 0.05) is 6.61 Å². The maximum Gasteiger partial charge on any atom is 0.288 e. The van der Waals surface area contributed by atoms with Crippen molar-refractivity contribution in [2.24, 2.45) is 0 Å². The van der Waals surface area contributed by atoms with Crippen molar-refractivity contribution in [1.82, 2.24) is 0 Å². The minimum Gasteiger partial charge on any atom is -0.404 e. The molecule has 0 fully saturated rings. The third kappa shape index (κ3) is 4.23. The number of unbranched alkanes of at least 4 members (excludes halogenated alkanes) is 1. The number of aryl methyl sites for hydroxylation is 3. The van der Waals surface area contributed by atoms with Gasteiger partial charge in [-0.05, 0) is 42.8 Å². The molecule has 0 N–H and O–H groups in total. The second kappa shape index (κ2) is 8.68. The second-order valence-electron chi connectivity index (χ2n) is 7.48. The van der Waals surface area contributed by atoms with Crippen LogP contribution in [0.15, 0.2) is 72.8 Å². The molecule has 0 spiro atoms. The van der Waals surface area contributed by atoms with Gasteiger partial charge in [-0.1, -0.05) is 103 Å². The largest absolute Gasteiger partial charge is 0.404 e. The summed E-state index contributed by atoms with van der Waals surface area (Å²) < 4.78 is 6.89. The molecule has 0 saturated heterocycles. The molecule has 0 radical (unpaired) electrons. The maximum atomic E-state index is 6.89. The van der Waals surface area contributed by atoms with Crippen LogP contribution in [-0.4, -0.2) is 14.9 Å². The molecule has 0 aliphatic carbocycles. The maximum absolute atomic E-state index is 6.89. The van der Waals surface area contributed by atoms with Crippen molar-refractivity contribution < 1.29 is 4.43 Å². The Hall–Kier alpha value is -2.16. The standard InChI is InChI=1S/C25H30OSi/c1-5-6-19-26-27(23-13-7-20(2)8-14-23,24-15-9-21(3)10-16-24)25-17-11-22(4)12-18-25/h7-18H,5-6,19H2,1-4H3. The van der Waals surface area contributed by atoms with Crippen LogP contribution in [0.2, 0.25) is 0 Å². The predicted molar refractivity (Wildman–Crippen MR) is 119 cm³/mol. The molecular formula is C25H30OSi. The first-order valence-corrected chi connectivity index (χ1v) is 11.8. The topological polar surface area (TPSA) is 9.23 Å². The first-order chi connectivity index (χ1) is 13.1. The summed E-state index contributed by atoms with van der Waals surface area (Å²) in [7, 11) is -2.53. The van der Waals surface area contributed by atoms with E-state index in [4.69, 9.17) is 4.43 Å². The average molecular weight is 375 g/mol. The third-order valence-electron chi connectivity index (χ3n) is 5.19. The Morgan fingerprint density at radius 1 is 0.593 bits per heavy atom. The minimum atomic E-state index is -2.53. The molecule has 0 bridgehead atoms. The van der Waals surface area contributed by atoms with Gasteiger partial charge in [0.2, 0.25) is 0 Å². The fourth-order valence-electron chi connectivity index (χ4n) is 3.48. The first-order valence-electron chi connectivity index (χ1n) is 9.91. The molecule has 0 atom stereocenters. The fraction of sp³-hybridized carbons (Fsp3) is 0.280. The van der Waals surface area contributed by atoms with E-state index in [1.807, 2.05) is 0 Å². The molecule has 0 saturated carbocycles. The molecule has 3 aromatic rings. The normalized spacial score (nSPS) is 11.6. The summed E-state index contributed by atoms with van der Waals surface area (Å²) in [6, 6.07) is 26.9. The molecule has 0 heterocycles. The highest BCUT2D eigenvalue weighted by Crippen LogP contribution is 2.13. The van der Waals surface area contributed by atoms with E-state index in [1.165, 1.54) is 32.3 Å². The summed E-state index contributed by atoms with van der Waals surface area (Å²) in [5.74, 6) is 0. The fourth-order valence-corrected chi connectivity index (χ4v) is 7.34. The molecule has 140 valence electrons. The quantitative estimate of drug-likeness (QED) is 0.338. The Kier molecular flexibility index (Phi) is 6.30. The highest BCUT2D eigenvalue weighted by atomic mass is 28.4. The smallest absolute Gasteiger partial charge is 0.288 e. The van der Waals surface area contributed by atoms with Crippen LogP contribution < -0.4 is 15.6 Å². The van der Waals surface area contributed by atoms with Crippen LogP contribution in [-0.2, 0) is 4.43 Å². The van der Waals surface area contributed by atoms with E-state index >= 15 is 0 Å². The monoisotopic (exact) mass is 374 g/mol. The summed E-state index contributed by atoms with van der Waals surface area (Å²) in [4.78, 5) is 0. The summed E-state index contributed by atoms with van der Waals surface area (Å²) in [5.41, 5.74) is 3.84. The zero-order valence-electron chi connectivity index (χ0n) is 17.0. The summed E-state index contributed by atoms with van der Waals surface area (Å²) in [6.07, 6.45) is 2.22. The Morgan fingerprint density at radius 3 is 1.22 bits per heavy atom. The van der Waals surface area contributed by atoms with Crippen LogP contribution in [0.4, 0.5) is 0 Å². The van der Waals surface area contributed by atoms with Crippen LogP contribution in [0.3, 0.4) is 0 Å². The van der Waals surface area contributed by atoms with Gasteiger partial charge in [0.25, 0.3) is 8.32 Å². The number of rotatable bonds is 7. The average Bonchev–Trinajstić information content (AvgIpc) is 2.68. The molecule has 27 heavy (non-hydrogen) atoms. The Morgan fingerprint density at radius 2 is 0.926 bits per heavy atom. The molecular weight excluding hydrogens is 344 g/mol. The van der Waals surface area contributed by atoms with Crippen molar-refractivity contribution >= 4 is 23.9 Å². The lowest BCUT2D eigenvalue weighted by atomic mass is 10.2. The lowest BCUT2D eigenvalue weighted by Crippen LogP contribution is -2.69. The third-order valence-corrected chi connectivity index (χ3v) is 9.27. The van der Waals surface area contributed by atoms with Crippen molar-refractivity contribution in [2.75, 3.05) is 6.61 Å². The van der Waals surface area contributed by atoms with Gasteiger partial charge >= 0.3 is 0 Å². The molecule has 0 unspecified atom stereocenters. The van der Waals surface area contributed by atoms with Gasteiger partial charge in [-0.2, -0.15) is 0 Å². The number of hydrogen-bond acceptors (Lipinski definition) is 1. The molecule has 0 amide bonds. The van der Waals surface area contributed by atoms with Crippen LogP contribution >= 0.6 is 0 Å². The molecule has 2 heteroatoms. The van der Waals surface area contributed by atoms with Gasteiger partial charge in [0.05, 0.1) is 0 Å². The van der Waals surface area contributed by atoms with E-state index in [0.29, 0.717) is 0 Å². The zero-order chi connectivity index (χ0) is 19.3. The molecule has 0 aliphatic rings. The van der Waals surface area contributed by atoms with Crippen LogP contribution in [0.1, 0.15) is 36.5 Å². The van der Waals surface area contributed by atoms with Gasteiger partial charge in [0.1, 0.15) is 0 Å². The number of hydrogen-bond donors (Lipinski definition) is 0. The highest BCUT2D eigenvalue weighted by molar-refractivity contribution is 7.07. The Bertz CT molecular complexity index is 737. The van der Waals surface area contributed by atoms with Gasteiger partial charge in [-0.15, -0.1) is 0 Å². The van der Waals surface area contributed by atoms with Crippen molar-refractivity contribution in [3.8, 4) is 0 Å². The van der Waals surface area contributed by atoms with Crippen molar-refractivity contribution in [3.05, 3.63) is 89.5 Å². The highest BCUT2D eigenvalue weighted by Gasteiger charge is 2.41. The SMILES string of the molecule is CCCCO[Si](c1ccc(C)cc1)(c1ccc(C)cc1)c1ccc(C)cc1. The van der Waals surface area contributed by atoms with Gasteiger partial charge in [-0.3, -0.25) is 0 Å². The molecule has 1 nitrogen and oxygen atoms in total. The van der Waals surface area contributed by atoms with E-state index in [9.17, 15) is 0 Å². The molecule has 0 aliphatic heterocycles. The summed E-state index contributed by atoms with van der Waals surface area (Å²) in [5, 5.41) is 3.95. The Labute approximate surface area is 165 Å².